The van der Waals surface area contributed by atoms with Crippen LogP contribution in [0.25, 0.3) is 5.57 Å². The first kappa shape index (κ1) is 17.3. The SMILES string of the molecule is C=C(NC)S/C=C(\CCCCC)c1ccc(F)cc1P. The molecule has 110 valence electrons. The van der Waals surface area contributed by atoms with E-state index in [4.69, 9.17) is 0 Å². The number of allylic oxidation sites excluding steroid dienone is 1. The molecule has 20 heavy (non-hydrogen) atoms. The summed E-state index contributed by atoms with van der Waals surface area (Å²) < 4.78 is 13.2. The van der Waals surface area contributed by atoms with Gasteiger partial charge in [0.1, 0.15) is 5.82 Å². The average molecular weight is 311 g/mol. The van der Waals surface area contributed by atoms with Gasteiger partial charge < -0.3 is 5.32 Å². The van der Waals surface area contributed by atoms with Gasteiger partial charge in [-0.1, -0.05) is 44.2 Å². The lowest BCUT2D eigenvalue weighted by atomic mass is 10.0. The molecule has 1 aromatic rings. The van der Waals surface area contributed by atoms with Crippen LogP contribution < -0.4 is 10.6 Å². The van der Waals surface area contributed by atoms with Crippen LogP contribution in [0.5, 0.6) is 0 Å². The Hall–Kier alpha value is -0.790. The van der Waals surface area contributed by atoms with Crippen LogP contribution in [0.3, 0.4) is 0 Å². The fourth-order valence-electron chi connectivity index (χ4n) is 1.85. The summed E-state index contributed by atoms with van der Waals surface area (Å²) in [5, 5.41) is 6.96. The summed E-state index contributed by atoms with van der Waals surface area (Å²) in [6, 6.07) is 4.94. The normalized spacial score (nSPS) is 11.5. The molecule has 1 aromatic carbocycles. The molecule has 1 atom stereocenters. The first-order chi connectivity index (χ1) is 9.58. The van der Waals surface area contributed by atoms with Crippen molar-refractivity contribution in [1.29, 1.82) is 0 Å². The van der Waals surface area contributed by atoms with Crippen molar-refractivity contribution in [3.05, 3.63) is 46.6 Å². The van der Waals surface area contributed by atoms with Gasteiger partial charge in [0.15, 0.2) is 0 Å². The third-order valence-electron chi connectivity index (χ3n) is 3.03. The van der Waals surface area contributed by atoms with Crippen molar-refractivity contribution in [1.82, 2.24) is 5.32 Å². The van der Waals surface area contributed by atoms with E-state index >= 15 is 0 Å². The summed E-state index contributed by atoms with van der Waals surface area (Å²) in [5.41, 5.74) is 2.34. The van der Waals surface area contributed by atoms with E-state index in [1.807, 2.05) is 13.1 Å². The summed E-state index contributed by atoms with van der Waals surface area (Å²) in [5.74, 6) is -0.195. The number of hydrogen-bond donors (Lipinski definition) is 1. The smallest absolute Gasteiger partial charge is 0.123 e. The molecule has 0 aromatic heterocycles. The van der Waals surface area contributed by atoms with Crippen LogP contribution in [0.2, 0.25) is 0 Å². The van der Waals surface area contributed by atoms with E-state index in [1.54, 1.807) is 17.8 Å². The second-order valence-electron chi connectivity index (χ2n) is 4.62. The van der Waals surface area contributed by atoms with Crippen molar-refractivity contribution in [3.63, 3.8) is 0 Å². The molecule has 0 aliphatic heterocycles. The minimum atomic E-state index is -0.195. The molecule has 0 saturated carbocycles. The van der Waals surface area contributed by atoms with E-state index in [2.05, 4.69) is 33.5 Å². The Morgan fingerprint density at radius 3 is 2.80 bits per heavy atom. The average Bonchev–Trinajstić information content (AvgIpc) is 2.43. The van der Waals surface area contributed by atoms with Gasteiger partial charge in [-0.25, -0.2) is 4.39 Å². The summed E-state index contributed by atoms with van der Waals surface area (Å²) >= 11 is 1.58. The summed E-state index contributed by atoms with van der Waals surface area (Å²) in [6.07, 6.45) is 4.56. The van der Waals surface area contributed by atoms with Gasteiger partial charge in [0.2, 0.25) is 0 Å². The van der Waals surface area contributed by atoms with Crippen LogP contribution in [-0.2, 0) is 0 Å². The zero-order valence-corrected chi connectivity index (χ0v) is 14.2. The maximum absolute atomic E-state index is 13.2. The van der Waals surface area contributed by atoms with Crippen LogP contribution in [0.1, 0.15) is 38.2 Å². The number of halogens is 1. The molecule has 1 nitrogen and oxygen atoms in total. The lowest BCUT2D eigenvalue weighted by molar-refractivity contribution is 0.629. The number of rotatable bonds is 8. The Kier molecular flexibility index (Phi) is 7.94. The van der Waals surface area contributed by atoms with Crippen LogP contribution >= 0.6 is 21.0 Å². The van der Waals surface area contributed by atoms with Gasteiger partial charge in [0.25, 0.3) is 0 Å². The van der Waals surface area contributed by atoms with Gasteiger partial charge in [-0.3, -0.25) is 0 Å². The maximum Gasteiger partial charge on any atom is 0.123 e. The lowest BCUT2D eigenvalue weighted by Crippen LogP contribution is -2.03. The van der Waals surface area contributed by atoms with Gasteiger partial charge in [0, 0.05) is 7.05 Å². The van der Waals surface area contributed by atoms with E-state index in [0.717, 1.165) is 28.7 Å². The lowest BCUT2D eigenvalue weighted by Gasteiger charge is -2.11. The molecule has 1 rings (SSSR count). The molecule has 0 heterocycles. The standard InChI is InChI=1S/C16H23FNPS/c1-4-5-6-7-13(11-20-12(2)18-3)15-9-8-14(17)10-16(15)19/h8-11,18H,2,4-7,19H2,1,3H3/b13-11+. The van der Waals surface area contributed by atoms with Crippen molar-refractivity contribution < 1.29 is 4.39 Å². The molecule has 0 spiro atoms. The van der Waals surface area contributed by atoms with Gasteiger partial charge in [-0.2, -0.15) is 0 Å². The quantitative estimate of drug-likeness (QED) is 0.553. The molecule has 0 fully saturated rings. The first-order valence-electron chi connectivity index (χ1n) is 6.86. The summed E-state index contributed by atoms with van der Waals surface area (Å²) in [6.45, 7) is 6.11. The summed E-state index contributed by atoms with van der Waals surface area (Å²) in [4.78, 5) is 0. The van der Waals surface area contributed by atoms with Gasteiger partial charge in [-0.05, 0) is 46.8 Å². The van der Waals surface area contributed by atoms with Crippen LogP contribution in [0.4, 0.5) is 4.39 Å². The minimum absolute atomic E-state index is 0.195. The van der Waals surface area contributed by atoms with Crippen molar-refractivity contribution in [2.45, 2.75) is 32.6 Å². The van der Waals surface area contributed by atoms with Crippen molar-refractivity contribution in [2.75, 3.05) is 7.05 Å². The molecule has 0 amide bonds. The van der Waals surface area contributed by atoms with Gasteiger partial charge >= 0.3 is 0 Å². The molecule has 0 aliphatic carbocycles. The van der Waals surface area contributed by atoms with Crippen molar-refractivity contribution in [2.24, 2.45) is 0 Å². The van der Waals surface area contributed by atoms with Gasteiger partial charge in [0.05, 0.1) is 5.03 Å². The molecular formula is C16H23FNPS. The largest absolute Gasteiger partial charge is 0.383 e. The van der Waals surface area contributed by atoms with E-state index < -0.39 is 0 Å². The molecule has 4 heteroatoms. The highest BCUT2D eigenvalue weighted by Crippen LogP contribution is 2.26. The monoisotopic (exact) mass is 311 g/mol. The molecule has 1 N–H and O–H groups in total. The second-order valence-corrected chi connectivity index (χ2v) is 6.21. The van der Waals surface area contributed by atoms with Crippen molar-refractivity contribution in [3.8, 4) is 0 Å². The third kappa shape index (κ3) is 5.68. The van der Waals surface area contributed by atoms with Crippen LogP contribution in [-0.4, -0.2) is 7.05 Å². The molecule has 0 bridgehead atoms. The predicted molar refractivity (Wildman–Crippen MR) is 93.7 cm³/mol. The highest BCUT2D eigenvalue weighted by molar-refractivity contribution is 8.05. The number of benzene rings is 1. The van der Waals surface area contributed by atoms with Crippen LogP contribution in [0, 0.1) is 5.82 Å². The Morgan fingerprint density at radius 2 is 2.20 bits per heavy atom. The molecule has 0 radical (unpaired) electrons. The minimum Gasteiger partial charge on any atom is -0.383 e. The Bertz CT molecular complexity index is 485. The topological polar surface area (TPSA) is 12.0 Å². The highest BCUT2D eigenvalue weighted by atomic mass is 32.2. The highest BCUT2D eigenvalue weighted by Gasteiger charge is 2.07. The van der Waals surface area contributed by atoms with E-state index in [1.165, 1.54) is 24.5 Å². The number of thioether (sulfide) groups is 1. The maximum atomic E-state index is 13.2. The molecule has 0 saturated heterocycles. The Labute approximate surface area is 128 Å². The van der Waals surface area contributed by atoms with Crippen molar-refractivity contribution >= 4 is 31.9 Å². The Morgan fingerprint density at radius 1 is 1.45 bits per heavy atom. The zero-order chi connectivity index (χ0) is 15.0. The molecule has 0 aliphatic rings. The van der Waals surface area contributed by atoms with E-state index in [0.29, 0.717) is 0 Å². The van der Waals surface area contributed by atoms with Crippen LogP contribution in [0.15, 0.2) is 35.2 Å². The fourth-order valence-corrected chi connectivity index (χ4v) is 2.94. The molecule has 1 unspecified atom stereocenters. The van der Waals surface area contributed by atoms with Gasteiger partial charge in [-0.15, -0.1) is 9.24 Å². The summed E-state index contributed by atoms with van der Waals surface area (Å²) in [7, 11) is 4.48. The molecular weight excluding hydrogens is 288 g/mol. The zero-order valence-electron chi connectivity index (χ0n) is 12.2. The Balaban J connectivity index is 2.93. The number of unbranched alkanes of at least 4 members (excludes halogenated alkanes) is 2. The van der Waals surface area contributed by atoms with E-state index in [9.17, 15) is 4.39 Å². The second kappa shape index (κ2) is 9.20. The van der Waals surface area contributed by atoms with E-state index in [-0.39, 0.29) is 5.82 Å². The third-order valence-corrected chi connectivity index (χ3v) is 4.40. The fraction of sp³-hybridized carbons (Fsp3) is 0.375. The predicted octanol–water partition coefficient (Wildman–Crippen LogP) is 4.67. The first-order valence-corrected chi connectivity index (χ1v) is 8.32. The number of nitrogens with one attached hydrogen (secondary N) is 1. The number of hydrogen-bond acceptors (Lipinski definition) is 2.